The Labute approximate surface area is 70.2 Å². The van der Waals surface area contributed by atoms with Crippen LogP contribution in [0, 0.1) is 11.3 Å². The topological polar surface area (TPSA) is 74.7 Å². The highest BCUT2D eigenvalue weighted by atomic mass is 16.3. The quantitative estimate of drug-likeness (QED) is 0.681. The highest BCUT2D eigenvalue weighted by molar-refractivity contribution is 5.12. The second-order valence-electron chi connectivity index (χ2n) is 2.58. The van der Waals surface area contributed by atoms with Crippen molar-refractivity contribution in [2.75, 3.05) is 0 Å². The van der Waals surface area contributed by atoms with Gasteiger partial charge in [-0.1, -0.05) is 0 Å². The average Bonchev–Trinajstić information content (AvgIpc) is 2.48. The number of aliphatic hydroxyl groups excluding tert-OH is 1. The zero-order chi connectivity index (χ0) is 8.97. The molecule has 1 aromatic heterocycles. The van der Waals surface area contributed by atoms with Crippen molar-refractivity contribution >= 4 is 0 Å². The summed E-state index contributed by atoms with van der Waals surface area (Å²) in [6, 6.07) is 1.88. The number of nitriles is 1. The second-order valence-corrected chi connectivity index (χ2v) is 2.58. The van der Waals surface area contributed by atoms with Crippen LogP contribution in [0.1, 0.15) is 19.0 Å². The summed E-state index contributed by atoms with van der Waals surface area (Å²) in [7, 11) is 0. The van der Waals surface area contributed by atoms with E-state index in [2.05, 4.69) is 10.2 Å². The van der Waals surface area contributed by atoms with Gasteiger partial charge >= 0.3 is 0 Å². The van der Waals surface area contributed by atoms with E-state index in [1.165, 1.54) is 11.0 Å². The van der Waals surface area contributed by atoms with Crippen LogP contribution in [-0.2, 0) is 6.54 Å². The molecule has 1 N–H and O–H groups in total. The summed E-state index contributed by atoms with van der Waals surface area (Å²) in [5, 5.41) is 25.0. The molecule has 1 atom stereocenters. The van der Waals surface area contributed by atoms with E-state index in [4.69, 9.17) is 10.4 Å². The van der Waals surface area contributed by atoms with Gasteiger partial charge in [0.1, 0.15) is 6.07 Å². The number of rotatable bonds is 3. The van der Waals surface area contributed by atoms with Gasteiger partial charge in [0.2, 0.25) is 0 Å². The monoisotopic (exact) mass is 166 g/mol. The zero-order valence-electron chi connectivity index (χ0n) is 6.80. The maximum Gasteiger partial charge on any atom is 0.182 e. The summed E-state index contributed by atoms with van der Waals surface area (Å²) in [4.78, 5) is 1.41. The van der Waals surface area contributed by atoms with Gasteiger partial charge in [0.05, 0.1) is 18.8 Å². The lowest BCUT2D eigenvalue weighted by Crippen LogP contribution is -2.09. The van der Waals surface area contributed by atoms with E-state index in [0.717, 1.165) is 0 Å². The molecule has 64 valence electrons. The zero-order valence-corrected chi connectivity index (χ0v) is 6.80. The van der Waals surface area contributed by atoms with E-state index in [9.17, 15) is 0 Å². The SMILES string of the molecule is CC(O)CCn1ncc(C#N)n1. The largest absolute Gasteiger partial charge is 0.393 e. The van der Waals surface area contributed by atoms with Crippen molar-refractivity contribution in [1.82, 2.24) is 15.0 Å². The van der Waals surface area contributed by atoms with Crippen molar-refractivity contribution in [2.24, 2.45) is 0 Å². The molecule has 0 saturated carbocycles. The van der Waals surface area contributed by atoms with Crippen LogP contribution in [-0.4, -0.2) is 26.2 Å². The molecule has 0 radical (unpaired) electrons. The van der Waals surface area contributed by atoms with E-state index in [1.807, 2.05) is 6.07 Å². The van der Waals surface area contributed by atoms with E-state index in [0.29, 0.717) is 18.7 Å². The van der Waals surface area contributed by atoms with Gasteiger partial charge in [-0.05, 0) is 13.3 Å². The molecule has 1 aromatic rings. The third-order valence-electron chi connectivity index (χ3n) is 1.40. The van der Waals surface area contributed by atoms with Gasteiger partial charge in [0, 0.05) is 0 Å². The first-order valence-corrected chi connectivity index (χ1v) is 3.70. The minimum atomic E-state index is -0.360. The highest BCUT2D eigenvalue weighted by Crippen LogP contribution is 1.94. The Balaban J connectivity index is 2.48. The molecule has 0 aliphatic rings. The Kier molecular flexibility index (Phi) is 2.77. The first-order valence-electron chi connectivity index (χ1n) is 3.70. The van der Waals surface area contributed by atoms with Gasteiger partial charge in [-0.25, -0.2) is 0 Å². The average molecular weight is 166 g/mol. The molecule has 0 bridgehead atoms. The molecule has 0 aliphatic heterocycles. The molecule has 5 nitrogen and oxygen atoms in total. The third kappa shape index (κ3) is 2.32. The van der Waals surface area contributed by atoms with Gasteiger partial charge in [-0.3, -0.25) is 0 Å². The Morgan fingerprint density at radius 2 is 2.58 bits per heavy atom. The van der Waals surface area contributed by atoms with Crippen LogP contribution in [0.3, 0.4) is 0 Å². The molecule has 0 spiro atoms. The summed E-state index contributed by atoms with van der Waals surface area (Å²) in [5.41, 5.74) is 0.306. The number of aryl methyl sites for hydroxylation is 1. The second kappa shape index (κ2) is 3.83. The van der Waals surface area contributed by atoms with Gasteiger partial charge in [0.25, 0.3) is 0 Å². The van der Waals surface area contributed by atoms with Crippen molar-refractivity contribution in [2.45, 2.75) is 26.0 Å². The molecule has 0 amide bonds. The molecule has 0 fully saturated rings. The van der Waals surface area contributed by atoms with Gasteiger partial charge < -0.3 is 5.11 Å². The molecule has 5 heteroatoms. The Morgan fingerprint density at radius 1 is 1.83 bits per heavy atom. The lowest BCUT2D eigenvalue weighted by Gasteiger charge is -2.01. The first kappa shape index (κ1) is 8.68. The van der Waals surface area contributed by atoms with E-state index in [-0.39, 0.29) is 6.10 Å². The molecule has 1 unspecified atom stereocenters. The lowest BCUT2D eigenvalue weighted by atomic mass is 10.3. The molecular weight excluding hydrogens is 156 g/mol. The Hall–Kier alpha value is -1.41. The number of aliphatic hydroxyl groups is 1. The molecule has 0 aromatic carbocycles. The summed E-state index contributed by atoms with van der Waals surface area (Å²) in [6.45, 7) is 2.24. The third-order valence-corrected chi connectivity index (χ3v) is 1.40. The maximum atomic E-state index is 8.94. The van der Waals surface area contributed by atoms with Crippen LogP contribution in [0.4, 0.5) is 0 Å². The minimum Gasteiger partial charge on any atom is -0.393 e. The molecular formula is C7H10N4O. The fourth-order valence-electron chi connectivity index (χ4n) is 0.759. The standard InChI is InChI=1S/C7H10N4O/c1-6(12)2-3-11-9-5-7(4-8)10-11/h5-6,12H,2-3H2,1H3. The predicted octanol–water partition coefficient (Wildman–Crippen LogP) is -0.0793. The van der Waals surface area contributed by atoms with Crippen molar-refractivity contribution < 1.29 is 5.11 Å². The lowest BCUT2D eigenvalue weighted by molar-refractivity contribution is 0.174. The number of nitrogens with zero attached hydrogens (tertiary/aromatic N) is 4. The van der Waals surface area contributed by atoms with Crippen molar-refractivity contribution in [3.63, 3.8) is 0 Å². The van der Waals surface area contributed by atoms with Crippen LogP contribution in [0.25, 0.3) is 0 Å². The molecule has 1 rings (SSSR count). The minimum absolute atomic E-state index is 0.306. The summed E-state index contributed by atoms with van der Waals surface area (Å²) in [5.74, 6) is 0. The van der Waals surface area contributed by atoms with Crippen molar-refractivity contribution in [3.8, 4) is 6.07 Å². The molecule has 0 saturated heterocycles. The smallest absolute Gasteiger partial charge is 0.182 e. The summed E-state index contributed by atoms with van der Waals surface area (Å²) in [6.07, 6.45) is 1.64. The number of aromatic nitrogens is 3. The van der Waals surface area contributed by atoms with Crippen LogP contribution in [0.5, 0.6) is 0 Å². The highest BCUT2D eigenvalue weighted by Gasteiger charge is 2.00. The number of hydrogen-bond acceptors (Lipinski definition) is 4. The van der Waals surface area contributed by atoms with E-state index < -0.39 is 0 Å². The normalized spacial score (nSPS) is 12.4. The van der Waals surface area contributed by atoms with Gasteiger partial charge in [0.15, 0.2) is 5.69 Å². The predicted molar refractivity (Wildman–Crippen MR) is 41.0 cm³/mol. The Bertz CT molecular complexity index is 286. The molecule has 0 aliphatic carbocycles. The van der Waals surface area contributed by atoms with Crippen molar-refractivity contribution in [3.05, 3.63) is 11.9 Å². The summed E-state index contributed by atoms with van der Waals surface area (Å²) < 4.78 is 0. The maximum absolute atomic E-state index is 8.94. The van der Waals surface area contributed by atoms with E-state index in [1.54, 1.807) is 6.92 Å². The fourth-order valence-corrected chi connectivity index (χ4v) is 0.759. The fraction of sp³-hybridized carbons (Fsp3) is 0.571. The van der Waals surface area contributed by atoms with Gasteiger partial charge in [-0.15, -0.1) is 5.10 Å². The van der Waals surface area contributed by atoms with Gasteiger partial charge in [-0.2, -0.15) is 15.2 Å². The first-order chi connectivity index (χ1) is 5.72. The van der Waals surface area contributed by atoms with Crippen LogP contribution >= 0.6 is 0 Å². The number of hydrogen-bond donors (Lipinski definition) is 1. The van der Waals surface area contributed by atoms with E-state index >= 15 is 0 Å². The van der Waals surface area contributed by atoms with Crippen LogP contribution < -0.4 is 0 Å². The molecule has 1 heterocycles. The Morgan fingerprint density at radius 3 is 3.08 bits per heavy atom. The molecule has 12 heavy (non-hydrogen) atoms. The van der Waals surface area contributed by atoms with Crippen LogP contribution in [0.2, 0.25) is 0 Å². The van der Waals surface area contributed by atoms with Crippen molar-refractivity contribution in [1.29, 1.82) is 5.26 Å². The summed E-state index contributed by atoms with van der Waals surface area (Å²) >= 11 is 0. The van der Waals surface area contributed by atoms with Crippen LogP contribution in [0.15, 0.2) is 6.20 Å².